The van der Waals surface area contributed by atoms with Crippen LogP contribution >= 0.6 is 44.1 Å². The lowest BCUT2D eigenvalue weighted by Gasteiger charge is -2.12. The number of ether oxygens (including phenoxy) is 1. The number of hydrogen-bond acceptors (Lipinski definition) is 6. The van der Waals surface area contributed by atoms with Crippen molar-refractivity contribution in [2.24, 2.45) is 5.92 Å². The van der Waals surface area contributed by atoms with Gasteiger partial charge in [0.25, 0.3) is 11.9 Å². The quantitative estimate of drug-likeness (QED) is 0.621. The summed E-state index contributed by atoms with van der Waals surface area (Å²) < 4.78 is 6.63. The summed E-state index contributed by atoms with van der Waals surface area (Å²) in [6.45, 7) is 4.73. The second-order valence-corrected chi connectivity index (χ2v) is 7.62. The van der Waals surface area contributed by atoms with E-state index in [0.29, 0.717) is 28.2 Å². The zero-order chi connectivity index (χ0) is 18.6. The molecule has 0 aliphatic heterocycles. The van der Waals surface area contributed by atoms with E-state index in [2.05, 4.69) is 57.9 Å². The van der Waals surface area contributed by atoms with Crippen molar-refractivity contribution in [3.05, 3.63) is 26.6 Å². The highest BCUT2D eigenvalue weighted by molar-refractivity contribution is 9.11. The van der Waals surface area contributed by atoms with Gasteiger partial charge in [0.1, 0.15) is 5.75 Å². The predicted octanol–water partition coefficient (Wildman–Crippen LogP) is 2.99. The largest absolute Gasteiger partial charge is 0.495 e. The number of amides is 1. The first kappa shape index (κ1) is 19.7. The molecule has 0 saturated carbocycles. The second kappa shape index (κ2) is 8.68. The topological polar surface area (TPSA) is 94.0 Å². The van der Waals surface area contributed by atoms with Gasteiger partial charge >= 0.3 is 0 Å². The zero-order valence-electron chi connectivity index (χ0n) is 13.7. The number of hydrogen-bond donors (Lipinski definition) is 2. The molecule has 2 N–H and O–H groups in total. The Balaban J connectivity index is 2.06. The average molecular weight is 492 g/mol. The van der Waals surface area contributed by atoms with E-state index in [4.69, 9.17) is 17.0 Å². The molecule has 0 saturated heterocycles. The minimum absolute atomic E-state index is 0.0623. The number of carbonyl (C=O) groups excluding carboxylic acids is 1. The molecule has 1 aromatic heterocycles. The van der Waals surface area contributed by atoms with Gasteiger partial charge < -0.3 is 4.74 Å². The molecule has 2 aromatic rings. The van der Waals surface area contributed by atoms with E-state index in [1.807, 2.05) is 13.8 Å². The minimum atomic E-state index is -0.425. The van der Waals surface area contributed by atoms with Crippen LogP contribution in [0.15, 0.2) is 21.1 Å². The Morgan fingerprint density at radius 1 is 1.40 bits per heavy atom. The monoisotopic (exact) mass is 490 g/mol. The Morgan fingerprint density at radius 3 is 2.76 bits per heavy atom. The molecule has 1 amide bonds. The number of nitrogens with one attached hydrogen (secondary N) is 2. The summed E-state index contributed by atoms with van der Waals surface area (Å²) in [5.74, 6) is 0.583. The number of nitrogens with zero attached hydrogens (tertiary/aromatic N) is 4. The molecule has 2 rings (SSSR count). The van der Waals surface area contributed by atoms with E-state index < -0.39 is 5.91 Å². The number of thiocarbonyl (C=S) groups is 1. The Hall–Kier alpha value is -1.59. The lowest BCUT2D eigenvalue weighted by Crippen LogP contribution is -2.34. The molecule has 1 heterocycles. The van der Waals surface area contributed by atoms with Crippen molar-refractivity contribution < 1.29 is 9.53 Å². The van der Waals surface area contributed by atoms with Gasteiger partial charge in [0.2, 0.25) is 0 Å². The summed E-state index contributed by atoms with van der Waals surface area (Å²) in [5, 5.41) is 17.2. The smallest absolute Gasteiger partial charge is 0.269 e. The van der Waals surface area contributed by atoms with E-state index in [1.54, 1.807) is 12.1 Å². The maximum absolute atomic E-state index is 12.5. The summed E-state index contributed by atoms with van der Waals surface area (Å²) >= 11 is 11.8. The van der Waals surface area contributed by atoms with Crippen LogP contribution in [0.25, 0.3) is 0 Å². The molecule has 0 spiro atoms. The Kier molecular flexibility index (Phi) is 6.85. The molecule has 134 valence electrons. The third-order valence-corrected chi connectivity index (χ3v) is 4.14. The van der Waals surface area contributed by atoms with Crippen LogP contribution < -0.4 is 15.4 Å². The van der Waals surface area contributed by atoms with Crippen molar-refractivity contribution in [1.29, 1.82) is 0 Å². The minimum Gasteiger partial charge on any atom is -0.495 e. The van der Waals surface area contributed by atoms with Crippen LogP contribution in [-0.2, 0) is 6.54 Å². The maximum atomic E-state index is 12.5. The Bertz CT molecular complexity index is 796. The summed E-state index contributed by atoms with van der Waals surface area (Å²) in [7, 11) is 1.48. The predicted molar refractivity (Wildman–Crippen MR) is 105 cm³/mol. The lowest BCUT2D eigenvalue weighted by atomic mass is 10.2. The van der Waals surface area contributed by atoms with Crippen LogP contribution in [0.2, 0.25) is 0 Å². The number of rotatable bonds is 5. The van der Waals surface area contributed by atoms with Gasteiger partial charge in [-0.3, -0.25) is 15.4 Å². The van der Waals surface area contributed by atoms with E-state index in [-0.39, 0.29) is 11.1 Å². The fourth-order valence-corrected chi connectivity index (χ4v) is 3.51. The molecule has 0 atom stereocenters. The fraction of sp³-hybridized carbons (Fsp3) is 0.357. The summed E-state index contributed by atoms with van der Waals surface area (Å²) in [6, 6.07) is 3.42. The highest BCUT2D eigenvalue weighted by Crippen LogP contribution is 2.32. The van der Waals surface area contributed by atoms with Gasteiger partial charge in [-0.2, -0.15) is 4.80 Å². The summed E-state index contributed by atoms with van der Waals surface area (Å²) in [4.78, 5) is 13.9. The average Bonchev–Trinajstić information content (AvgIpc) is 2.92. The summed E-state index contributed by atoms with van der Waals surface area (Å²) in [6.07, 6.45) is 0. The van der Waals surface area contributed by atoms with Crippen molar-refractivity contribution in [1.82, 2.24) is 25.5 Å². The van der Waals surface area contributed by atoms with E-state index in [0.717, 1.165) is 4.47 Å². The number of methoxy groups -OCH3 is 1. The Morgan fingerprint density at radius 2 is 2.12 bits per heavy atom. The number of anilines is 1. The third kappa shape index (κ3) is 5.44. The molecule has 0 aliphatic carbocycles. The molecule has 1 aromatic carbocycles. The molecule has 25 heavy (non-hydrogen) atoms. The number of halogens is 2. The number of tetrazole rings is 1. The number of benzene rings is 1. The van der Waals surface area contributed by atoms with E-state index >= 15 is 0 Å². The normalized spacial score (nSPS) is 10.6. The van der Waals surface area contributed by atoms with Gasteiger partial charge in [-0.15, -0.1) is 5.10 Å². The number of aromatic nitrogens is 4. The van der Waals surface area contributed by atoms with Gasteiger partial charge in [-0.25, -0.2) is 0 Å². The van der Waals surface area contributed by atoms with Gasteiger partial charge in [-0.1, -0.05) is 34.9 Å². The highest BCUT2D eigenvalue weighted by atomic mass is 79.9. The molecule has 0 bridgehead atoms. The molecule has 0 unspecified atom stereocenters. The standard InChI is InChI=1S/C14H16Br2N6O2S/c1-7(2)6-22-20-13(19-21-22)18-14(25)17-12(23)9-4-8(15)5-10(16)11(9)24-3/h4-5,7H,6H2,1-3H3,(H2,17,18,20,23,25). The molecule has 11 heteroatoms. The van der Waals surface area contributed by atoms with Gasteiger partial charge in [0, 0.05) is 4.47 Å². The molecule has 0 fully saturated rings. The van der Waals surface area contributed by atoms with Gasteiger partial charge in [-0.05, 0) is 51.4 Å². The van der Waals surface area contributed by atoms with Gasteiger partial charge in [0.05, 0.1) is 23.7 Å². The third-order valence-electron chi connectivity index (χ3n) is 2.89. The van der Waals surface area contributed by atoms with Crippen molar-refractivity contribution in [2.75, 3.05) is 12.4 Å². The van der Waals surface area contributed by atoms with Crippen LogP contribution in [-0.4, -0.2) is 38.3 Å². The van der Waals surface area contributed by atoms with Crippen molar-refractivity contribution >= 4 is 61.0 Å². The highest BCUT2D eigenvalue weighted by Gasteiger charge is 2.18. The molecule has 0 aliphatic rings. The molecular weight excluding hydrogens is 476 g/mol. The van der Waals surface area contributed by atoms with Crippen LogP contribution in [0.3, 0.4) is 0 Å². The van der Waals surface area contributed by atoms with E-state index in [9.17, 15) is 4.79 Å². The first-order valence-corrected chi connectivity index (χ1v) is 9.22. The van der Waals surface area contributed by atoms with Crippen LogP contribution in [0, 0.1) is 5.92 Å². The molecule has 0 radical (unpaired) electrons. The molecular formula is C14H16Br2N6O2S. The fourth-order valence-electron chi connectivity index (χ4n) is 1.94. The SMILES string of the molecule is COc1c(Br)cc(Br)cc1C(=O)NC(=S)Nc1nnn(CC(C)C)n1. The van der Waals surface area contributed by atoms with Crippen molar-refractivity contribution in [3.63, 3.8) is 0 Å². The lowest BCUT2D eigenvalue weighted by molar-refractivity contribution is 0.0974. The second-order valence-electron chi connectivity index (χ2n) is 5.44. The maximum Gasteiger partial charge on any atom is 0.269 e. The first-order chi connectivity index (χ1) is 11.8. The van der Waals surface area contributed by atoms with E-state index in [1.165, 1.54) is 11.9 Å². The zero-order valence-corrected chi connectivity index (χ0v) is 17.7. The van der Waals surface area contributed by atoms with Gasteiger partial charge in [0.15, 0.2) is 5.11 Å². The van der Waals surface area contributed by atoms with Crippen LogP contribution in [0.4, 0.5) is 5.95 Å². The van der Waals surface area contributed by atoms with Crippen LogP contribution in [0.1, 0.15) is 24.2 Å². The first-order valence-electron chi connectivity index (χ1n) is 7.23. The summed E-state index contributed by atoms with van der Waals surface area (Å²) in [5.41, 5.74) is 0.323. The van der Waals surface area contributed by atoms with Crippen molar-refractivity contribution in [2.45, 2.75) is 20.4 Å². The molecule has 8 nitrogen and oxygen atoms in total. The number of carbonyl (C=O) groups is 1. The van der Waals surface area contributed by atoms with Crippen molar-refractivity contribution in [3.8, 4) is 5.75 Å². The Labute approximate surface area is 166 Å². The van der Waals surface area contributed by atoms with Crippen LogP contribution in [0.5, 0.6) is 5.75 Å².